The van der Waals surface area contributed by atoms with E-state index in [4.69, 9.17) is 4.74 Å². The number of carbonyl (C=O) groups excluding carboxylic acids is 1. The van der Waals surface area contributed by atoms with Crippen LogP contribution in [-0.4, -0.2) is 24.0 Å². The number of ether oxygens (including phenoxy) is 1. The molecule has 0 aliphatic rings. The number of benzene rings is 5. The minimum absolute atomic E-state index is 0.0126. The number of alkyl halides is 24. The van der Waals surface area contributed by atoms with Gasteiger partial charge in [-0.2, -0.15) is 132 Å². The summed E-state index contributed by atoms with van der Waals surface area (Å²) in [6, 6.07) is -1.59. The molecule has 0 aliphatic heterocycles. The van der Waals surface area contributed by atoms with Gasteiger partial charge in [0.2, 0.25) is 12.3 Å². The number of methoxy groups -OCH3 is 1. The van der Waals surface area contributed by atoms with Gasteiger partial charge in [0.1, 0.15) is 11.9 Å². The first-order valence-corrected chi connectivity index (χ1v) is 19.9. The van der Waals surface area contributed by atoms with E-state index >= 15 is 0 Å². The number of rotatable bonds is 8. The molecule has 6 rings (SSSR count). The van der Waals surface area contributed by atoms with E-state index in [1.54, 1.807) is 48.6 Å². The van der Waals surface area contributed by atoms with Crippen LogP contribution in [0, 0.1) is 0 Å². The predicted molar refractivity (Wildman–Crippen MR) is 212 cm³/mol. The van der Waals surface area contributed by atoms with Crippen molar-refractivity contribution < 1.29 is 119 Å². The summed E-state index contributed by atoms with van der Waals surface area (Å²) in [4.78, 5) is 16.0. The average Bonchev–Trinajstić information content (AvgIpc) is 3.27. The van der Waals surface area contributed by atoms with Crippen LogP contribution < -0.4 is 31.2 Å². The third-order valence-corrected chi connectivity index (χ3v) is 10.9. The Kier molecular flexibility index (Phi) is 15.7. The van der Waals surface area contributed by atoms with Crippen LogP contribution in [0.4, 0.5) is 105 Å². The molecule has 6 aromatic rings. The fourth-order valence-corrected chi connectivity index (χ4v) is 7.65. The Morgan fingerprint density at radius 1 is 0.419 bits per heavy atom. The van der Waals surface area contributed by atoms with Gasteiger partial charge in [-0.15, -0.1) is 0 Å². The number of hydrogen-bond donors (Lipinski definition) is 0. The van der Waals surface area contributed by atoms with Gasteiger partial charge in [0.25, 0.3) is 0 Å². The molecular weight excluding hydrogens is 1070 g/mol. The Bertz CT molecular complexity index is 2550. The van der Waals surface area contributed by atoms with Crippen molar-refractivity contribution in [2.24, 2.45) is 0 Å². The maximum atomic E-state index is 14.2. The van der Waals surface area contributed by atoms with Crippen molar-refractivity contribution >= 4 is 33.8 Å². The summed E-state index contributed by atoms with van der Waals surface area (Å²) in [5.74, 6) is 0.616. The minimum Gasteiger partial charge on any atom is -0.496 e. The van der Waals surface area contributed by atoms with Gasteiger partial charge in [-0.05, 0) is 36.4 Å². The first-order chi connectivity index (χ1) is 33.6. The first-order valence-electron chi connectivity index (χ1n) is 19.9. The number of carbonyl (C=O) groups is 1. The summed E-state index contributed by atoms with van der Waals surface area (Å²) in [5, 5.41) is 0. The van der Waals surface area contributed by atoms with Crippen LogP contribution in [0.1, 0.15) is 54.9 Å². The van der Waals surface area contributed by atoms with Crippen molar-refractivity contribution in [3.8, 4) is 5.75 Å². The number of aromatic nitrogens is 2. The summed E-state index contributed by atoms with van der Waals surface area (Å²) < 4.78 is 348. The molecule has 74 heavy (non-hydrogen) atoms. The Labute approximate surface area is 398 Å². The second-order valence-electron chi connectivity index (χ2n) is 15.8. The Morgan fingerprint density at radius 2 is 0.662 bits per heavy atom. The molecule has 0 N–H and O–H groups in total. The summed E-state index contributed by atoms with van der Waals surface area (Å²) in [6.07, 6.45) is -48.0. The maximum Gasteiger partial charge on any atom is 0.416 e. The number of ketones is 1. The molecule has 0 atom stereocenters. The lowest BCUT2D eigenvalue weighted by Gasteiger charge is -2.46. The van der Waals surface area contributed by atoms with Gasteiger partial charge in [-0.25, -0.2) is 0 Å². The molecule has 398 valence electrons. The molecule has 0 fully saturated rings. The minimum atomic E-state index is -6.13. The molecule has 0 spiro atoms. The quantitative estimate of drug-likeness (QED) is 0.0660. The highest BCUT2D eigenvalue weighted by molar-refractivity contribution is 7.20. The highest BCUT2D eigenvalue weighted by atomic mass is 19.4. The highest BCUT2D eigenvalue weighted by Gasteiger charge is 2.47. The van der Waals surface area contributed by atoms with E-state index in [0.717, 1.165) is 0 Å². The molecule has 0 saturated carbocycles. The van der Waals surface area contributed by atoms with Crippen LogP contribution in [0.2, 0.25) is 0 Å². The SMILES string of the molecule is COc1ccccc1C(=O)C[n+]1ccncc1.FC(F)(F)c1cc([B-](c2cc(C(F)(F)F)cc(C(F)(F)F)c2)(c2cc(C(F)(F)F)cc(C(F)(F)F)c2)c2cc(C(F)(F)F)cc(C(F)(F)F)c2)cc(C(F)(F)F)c1. The smallest absolute Gasteiger partial charge is 0.416 e. The van der Waals surface area contributed by atoms with Gasteiger partial charge in [0.05, 0.1) is 69.6 Å². The van der Waals surface area contributed by atoms with Crippen LogP contribution >= 0.6 is 0 Å². The fraction of sp³-hybridized carbons (Fsp3) is 0.222. The van der Waals surface area contributed by atoms with Crippen molar-refractivity contribution in [1.29, 1.82) is 0 Å². The standard InChI is InChI=1S/C32H12BF24.C13H13N2O2/c34-25(35,36)13-1-14(26(37,38)39)6-21(5-13)33(22-7-15(27(40,41)42)2-16(8-22)28(43,44)45,23-9-17(29(46,47)48)3-18(10-23)30(49,50)51)24-11-19(31(52,53)54)4-20(12-24)32(55,56)57;1-17-13-5-3-2-4-11(13)12(16)10-15-8-6-14-7-9-15/h1-12H;2-9H,10H2,1H3/q-1;+1. The van der Waals surface area contributed by atoms with Gasteiger partial charge in [0, 0.05) is 0 Å². The molecule has 0 aliphatic carbocycles. The molecule has 5 aromatic carbocycles. The maximum absolute atomic E-state index is 14.2. The van der Waals surface area contributed by atoms with Crippen LogP contribution in [0.25, 0.3) is 0 Å². The normalized spacial score (nSPS) is 13.3. The fourth-order valence-electron chi connectivity index (χ4n) is 7.65. The van der Waals surface area contributed by atoms with E-state index in [1.165, 1.54) is 0 Å². The van der Waals surface area contributed by atoms with Crippen molar-refractivity contribution in [3.05, 3.63) is 172 Å². The third-order valence-electron chi connectivity index (χ3n) is 10.9. The van der Waals surface area contributed by atoms with Crippen molar-refractivity contribution in [2.75, 3.05) is 7.11 Å². The predicted octanol–water partition coefficient (Wildman–Crippen LogP) is 12.5. The summed E-state index contributed by atoms with van der Waals surface area (Å²) in [6.45, 7) is 0.281. The first kappa shape index (κ1) is 57.9. The lowest BCUT2D eigenvalue weighted by molar-refractivity contribution is -0.683. The zero-order valence-corrected chi connectivity index (χ0v) is 36.1. The Hall–Kier alpha value is -6.97. The molecule has 4 nitrogen and oxygen atoms in total. The van der Waals surface area contributed by atoms with E-state index < -0.39 is 195 Å². The van der Waals surface area contributed by atoms with Crippen LogP contribution in [0.15, 0.2) is 122 Å². The second kappa shape index (κ2) is 20.0. The molecular formula is C45H25BF24N2O2. The average molecular weight is 1090 g/mol. The molecule has 1 heterocycles. The molecule has 0 radical (unpaired) electrons. The lowest BCUT2D eigenvalue weighted by Crippen LogP contribution is -2.75. The Morgan fingerprint density at radius 3 is 0.892 bits per heavy atom. The van der Waals surface area contributed by atoms with Crippen molar-refractivity contribution in [1.82, 2.24) is 4.98 Å². The van der Waals surface area contributed by atoms with Gasteiger partial charge in [-0.1, -0.05) is 60.7 Å². The third kappa shape index (κ3) is 13.2. The largest absolute Gasteiger partial charge is 0.496 e. The summed E-state index contributed by atoms with van der Waals surface area (Å²) >= 11 is 0. The topological polar surface area (TPSA) is 43.1 Å². The molecule has 0 saturated heterocycles. The van der Waals surface area contributed by atoms with Crippen molar-refractivity contribution in [3.63, 3.8) is 0 Å². The monoisotopic (exact) mass is 1090 g/mol. The van der Waals surface area contributed by atoms with Crippen LogP contribution in [-0.2, 0) is 56.0 Å². The van der Waals surface area contributed by atoms with Gasteiger partial charge in [0.15, 0.2) is 12.4 Å². The molecule has 0 unspecified atom stereocenters. The number of nitrogens with zero attached hydrogens (tertiary/aromatic N) is 2. The number of para-hydroxylation sites is 1. The number of Topliss-reactive ketones (excluding diaryl/α,β-unsaturated/α-hetero) is 1. The summed E-state index contributed by atoms with van der Waals surface area (Å²) in [5.41, 5.74) is -29.6. The second-order valence-corrected chi connectivity index (χ2v) is 15.8. The molecule has 0 amide bonds. The van der Waals surface area contributed by atoms with E-state index in [2.05, 4.69) is 4.98 Å². The van der Waals surface area contributed by atoms with E-state index in [-0.39, 0.29) is 12.3 Å². The summed E-state index contributed by atoms with van der Waals surface area (Å²) in [7, 11) is 1.56. The van der Waals surface area contributed by atoms with Crippen LogP contribution in [0.3, 0.4) is 0 Å². The molecule has 0 bridgehead atoms. The zero-order valence-electron chi connectivity index (χ0n) is 36.1. The molecule has 1 aromatic heterocycles. The molecule has 29 heteroatoms. The van der Waals surface area contributed by atoms with Crippen LogP contribution in [0.5, 0.6) is 5.75 Å². The lowest BCUT2D eigenvalue weighted by atomic mass is 9.12. The number of hydrogen-bond acceptors (Lipinski definition) is 3. The zero-order chi connectivity index (χ0) is 56.0. The van der Waals surface area contributed by atoms with Gasteiger partial charge < -0.3 is 4.74 Å². The highest BCUT2D eigenvalue weighted by Crippen LogP contribution is 2.41. The number of halogens is 24. The van der Waals surface area contributed by atoms with E-state index in [9.17, 15) is 110 Å². The van der Waals surface area contributed by atoms with E-state index in [0.29, 0.717) is 11.3 Å². The van der Waals surface area contributed by atoms with E-state index in [1.807, 2.05) is 12.1 Å². The van der Waals surface area contributed by atoms with Crippen molar-refractivity contribution in [2.45, 2.75) is 56.0 Å². The van der Waals surface area contributed by atoms with Gasteiger partial charge in [-0.3, -0.25) is 9.78 Å². The van der Waals surface area contributed by atoms with Gasteiger partial charge >= 0.3 is 49.4 Å². The Balaban J connectivity index is 0.000000500.